The molecule has 0 spiro atoms. The number of fused-ring (bicyclic) bond motifs is 1. The first-order valence-electron chi connectivity index (χ1n) is 8.89. The van der Waals surface area contributed by atoms with Crippen LogP contribution in [0.1, 0.15) is 32.9 Å². The number of para-hydroxylation sites is 1. The maximum atomic E-state index is 12.6. The first-order chi connectivity index (χ1) is 13.6. The van der Waals surface area contributed by atoms with Gasteiger partial charge in [-0.25, -0.2) is 0 Å². The zero-order chi connectivity index (χ0) is 19.7. The quantitative estimate of drug-likeness (QED) is 0.715. The molecule has 0 unspecified atom stereocenters. The summed E-state index contributed by atoms with van der Waals surface area (Å²) in [7, 11) is 3.17. The molecule has 0 saturated heterocycles. The number of methoxy groups -OCH3 is 2. The molecule has 1 aliphatic rings. The van der Waals surface area contributed by atoms with Crippen molar-refractivity contribution in [2.24, 2.45) is 0 Å². The van der Waals surface area contributed by atoms with Gasteiger partial charge in [-0.3, -0.25) is 9.59 Å². The second-order valence-corrected chi connectivity index (χ2v) is 6.41. The van der Waals surface area contributed by atoms with E-state index < -0.39 is 5.91 Å². The van der Waals surface area contributed by atoms with E-state index in [-0.39, 0.29) is 11.5 Å². The highest BCUT2D eigenvalue weighted by Gasteiger charge is 2.28. The Balaban J connectivity index is 1.81. The lowest BCUT2D eigenvalue weighted by atomic mass is 9.94. The van der Waals surface area contributed by atoms with Crippen LogP contribution in [0, 0.1) is 0 Å². The molecule has 0 bridgehead atoms. The van der Waals surface area contributed by atoms with Crippen molar-refractivity contribution < 1.29 is 23.5 Å². The lowest BCUT2D eigenvalue weighted by Gasteiger charge is -2.17. The van der Waals surface area contributed by atoms with Gasteiger partial charge in [0.1, 0.15) is 0 Å². The predicted octanol–water partition coefficient (Wildman–Crippen LogP) is 4.35. The Morgan fingerprint density at radius 2 is 1.86 bits per heavy atom. The number of benzene rings is 2. The van der Waals surface area contributed by atoms with Gasteiger partial charge in [0, 0.05) is 17.5 Å². The molecular formula is C22H19NO5. The fourth-order valence-electron chi connectivity index (χ4n) is 3.64. The monoisotopic (exact) mass is 377 g/mol. The van der Waals surface area contributed by atoms with E-state index in [4.69, 9.17) is 13.9 Å². The van der Waals surface area contributed by atoms with Crippen LogP contribution < -0.4 is 14.8 Å². The summed E-state index contributed by atoms with van der Waals surface area (Å²) < 4.78 is 16.1. The number of hydrogen-bond acceptors (Lipinski definition) is 5. The van der Waals surface area contributed by atoms with Crippen LogP contribution in [0.3, 0.4) is 0 Å². The number of furan rings is 1. The van der Waals surface area contributed by atoms with Crippen molar-refractivity contribution >= 4 is 17.4 Å². The Labute approximate surface area is 162 Å². The smallest absolute Gasteiger partial charge is 0.291 e. The van der Waals surface area contributed by atoms with Gasteiger partial charge in [0.25, 0.3) is 5.91 Å². The molecule has 0 atom stereocenters. The Kier molecular flexibility index (Phi) is 4.61. The fourth-order valence-corrected chi connectivity index (χ4v) is 3.64. The zero-order valence-electron chi connectivity index (χ0n) is 15.6. The van der Waals surface area contributed by atoms with E-state index >= 15 is 0 Å². The number of carbonyl (C=O) groups is 2. The van der Waals surface area contributed by atoms with Crippen LogP contribution in [0.15, 0.2) is 53.1 Å². The van der Waals surface area contributed by atoms with Gasteiger partial charge in [0.05, 0.1) is 26.2 Å². The topological polar surface area (TPSA) is 77.8 Å². The summed E-state index contributed by atoms with van der Waals surface area (Å²) in [4.78, 5) is 25.0. The Morgan fingerprint density at radius 1 is 1.00 bits per heavy atom. The molecule has 0 radical (unpaired) electrons. The molecule has 0 aliphatic heterocycles. The lowest BCUT2D eigenvalue weighted by molar-refractivity contribution is 0.0995. The minimum Gasteiger partial charge on any atom is -0.493 e. The molecule has 0 fully saturated rings. The van der Waals surface area contributed by atoms with E-state index in [0.29, 0.717) is 35.6 Å². The van der Waals surface area contributed by atoms with Crippen molar-refractivity contribution in [2.45, 2.75) is 12.8 Å². The normalized spacial score (nSPS) is 12.6. The van der Waals surface area contributed by atoms with E-state index in [1.165, 1.54) is 6.26 Å². The van der Waals surface area contributed by atoms with E-state index in [1.54, 1.807) is 32.4 Å². The molecule has 1 aromatic heterocycles. The number of anilines is 1. The fraction of sp³-hybridized carbons (Fsp3) is 0.182. The van der Waals surface area contributed by atoms with Crippen molar-refractivity contribution in [2.75, 3.05) is 19.5 Å². The molecule has 3 aromatic rings. The number of hydrogen-bond donors (Lipinski definition) is 1. The summed E-state index contributed by atoms with van der Waals surface area (Å²) in [5, 5.41) is 2.80. The SMILES string of the molecule is COc1cccc(-c2ccc(NC(=O)c3ccco3)c3c2CCC3=O)c1OC. The van der Waals surface area contributed by atoms with Gasteiger partial charge in [0.15, 0.2) is 23.0 Å². The number of nitrogens with one attached hydrogen (secondary N) is 1. The minimum absolute atomic E-state index is 0.00783. The standard InChI is InChI=1S/C22H19NO5/c1-26-18-6-3-5-15(21(18)27-2)13-8-10-16(20-14(13)9-11-17(20)24)23-22(25)19-7-4-12-28-19/h3-8,10,12H,9,11H2,1-2H3,(H,23,25). The Morgan fingerprint density at radius 3 is 2.57 bits per heavy atom. The van der Waals surface area contributed by atoms with Crippen LogP contribution in [0.2, 0.25) is 0 Å². The zero-order valence-corrected chi connectivity index (χ0v) is 15.6. The molecule has 1 aliphatic carbocycles. The predicted molar refractivity (Wildman–Crippen MR) is 104 cm³/mol. The van der Waals surface area contributed by atoms with Gasteiger partial charge < -0.3 is 19.2 Å². The molecule has 6 heteroatoms. The van der Waals surface area contributed by atoms with Crippen molar-refractivity contribution in [1.82, 2.24) is 0 Å². The summed E-state index contributed by atoms with van der Waals surface area (Å²) in [6.45, 7) is 0. The average Bonchev–Trinajstić information content (AvgIpc) is 3.38. The summed E-state index contributed by atoms with van der Waals surface area (Å²) in [6, 6.07) is 12.5. The van der Waals surface area contributed by atoms with Gasteiger partial charge >= 0.3 is 0 Å². The van der Waals surface area contributed by atoms with Crippen LogP contribution in [0.5, 0.6) is 11.5 Å². The number of ketones is 1. The van der Waals surface area contributed by atoms with Gasteiger partial charge in [-0.05, 0) is 41.8 Å². The first kappa shape index (κ1) is 17.9. The van der Waals surface area contributed by atoms with Crippen molar-refractivity contribution in [3.8, 4) is 22.6 Å². The Hall–Kier alpha value is -3.54. The molecule has 6 nitrogen and oxygen atoms in total. The Bertz CT molecular complexity index is 1050. The molecule has 142 valence electrons. The molecule has 4 rings (SSSR count). The van der Waals surface area contributed by atoms with Gasteiger partial charge in [0.2, 0.25) is 0 Å². The highest BCUT2D eigenvalue weighted by Crippen LogP contribution is 2.43. The second-order valence-electron chi connectivity index (χ2n) is 6.41. The highest BCUT2D eigenvalue weighted by atomic mass is 16.5. The summed E-state index contributed by atoms with van der Waals surface area (Å²) in [6.07, 6.45) is 2.44. The number of Topliss-reactive ketones (excluding diaryl/α,β-unsaturated/α-hetero) is 1. The summed E-state index contributed by atoms with van der Waals surface area (Å²) >= 11 is 0. The van der Waals surface area contributed by atoms with Gasteiger partial charge in [-0.2, -0.15) is 0 Å². The van der Waals surface area contributed by atoms with E-state index in [0.717, 1.165) is 16.7 Å². The number of ether oxygens (including phenoxy) is 2. The van der Waals surface area contributed by atoms with E-state index in [2.05, 4.69) is 5.32 Å². The summed E-state index contributed by atoms with van der Waals surface area (Å²) in [5.74, 6) is 1.04. The van der Waals surface area contributed by atoms with Crippen molar-refractivity contribution in [1.29, 1.82) is 0 Å². The van der Waals surface area contributed by atoms with Crippen molar-refractivity contribution in [3.63, 3.8) is 0 Å². The molecule has 1 heterocycles. The second kappa shape index (κ2) is 7.23. The minimum atomic E-state index is -0.390. The first-order valence-corrected chi connectivity index (χ1v) is 8.89. The van der Waals surface area contributed by atoms with Crippen LogP contribution in [0.4, 0.5) is 5.69 Å². The molecular weight excluding hydrogens is 358 g/mol. The largest absolute Gasteiger partial charge is 0.493 e. The number of amides is 1. The maximum Gasteiger partial charge on any atom is 0.291 e. The summed E-state index contributed by atoms with van der Waals surface area (Å²) in [5.41, 5.74) is 3.67. The van der Waals surface area contributed by atoms with Gasteiger partial charge in [-0.15, -0.1) is 0 Å². The third kappa shape index (κ3) is 2.93. The average molecular weight is 377 g/mol. The molecule has 1 amide bonds. The third-order valence-corrected chi connectivity index (χ3v) is 4.88. The van der Waals surface area contributed by atoms with Crippen LogP contribution in [-0.4, -0.2) is 25.9 Å². The van der Waals surface area contributed by atoms with E-state index in [9.17, 15) is 9.59 Å². The van der Waals surface area contributed by atoms with Crippen molar-refractivity contribution in [3.05, 3.63) is 65.6 Å². The maximum absolute atomic E-state index is 12.6. The van der Waals surface area contributed by atoms with Gasteiger partial charge in [-0.1, -0.05) is 18.2 Å². The number of rotatable bonds is 5. The lowest BCUT2D eigenvalue weighted by Crippen LogP contribution is -2.13. The third-order valence-electron chi connectivity index (χ3n) is 4.88. The van der Waals surface area contributed by atoms with Crippen LogP contribution >= 0.6 is 0 Å². The molecule has 0 saturated carbocycles. The molecule has 28 heavy (non-hydrogen) atoms. The molecule has 1 N–H and O–H groups in total. The van der Waals surface area contributed by atoms with Crippen LogP contribution in [0.25, 0.3) is 11.1 Å². The highest BCUT2D eigenvalue weighted by molar-refractivity contribution is 6.12. The van der Waals surface area contributed by atoms with Crippen LogP contribution in [-0.2, 0) is 6.42 Å². The van der Waals surface area contributed by atoms with E-state index in [1.807, 2.05) is 24.3 Å². The molecule has 2 aromatic carbocycles. The number of carbonyl (C=O) groups excluding carboxylic acids is 2.